The lowest BCUT2D eigenvalue weighted by atomic mass is 10.2. The van der Waals surface area contributed by atoms with E-state index in [1.807, 2.05) is 31.3 Å². The normalized spacial score (nSPS) is 11.5. The van der Waals surface area contributed by atoms with Crippen LogP contribution in [0.4, 0.5) is 0 Å². The SMILES string of the molecule is CN=C(NCCn1cncn1)N(C)Cc1ccc(Cl)cc1. The maximum Gasteiger partial charge on any atom is 0.193 e. The highest BCUT2D eigenvalue weighted by Crippen LogP contribution is 2.10. The van der Waals surface area contributed by atoms with E-state index in [-0.39, 0.29) is 0 Å². The molecule has 7 heteroatoms. The summed E-state index contributed by atoms with van der Waals surface area (Å²) in [7, 11) is 3.77. The van der Waals surface area contributed by atoms with Gasteiger partial charge in [0.25, 0.3) is 0 Å². The number of rotatable bonds is 5. The molecule has 0 saturated carbocycles. The van der Waals surface area contributed by atoms with E-state index in [0.717, 1.165) is 30.6 Å². The fourth-order valence-electron chi connectivity index (χ4n) is 1.95. The number of hydrogen-bond donors (Lipinski definition) is 1. The molecule has 0 aliphatic heterocycles. The van der Waals surface area contributed by atoms with Crippen LogP contribution in [-0.2, 0) is 13.1 Å². The van der Waals surface area contributed by atoms with Crippen molar-refractivity contribution in [3.05, 3.63) is 47.5 Å². The third kappa shape index (κ3) is 4.75. The van der Waals surface area contributed by atoms with E-state index in [4.69, 9.17) is 11.6 Å². The summed E-state index contributed by atoms with van der Waals surface area (Å²) in [6.45, 7) is 2.25. The van der Waals surface area contributed by atoms with Crippen molar-refractivity contribution in [1.82, 2.24) is 25.0 Å². The molecule has 0 bridgehead atoms. The summed E-state index contributed by atoms with van der Waals surface area (Å²) >= 11 is 5.89. The van der Waals surface area contributed by atoms with Crippen LogP contribution < -0.4 is 5.32 Å². The molecular formula is C14H19ClN6. The zero-order valence-corrected chi connectivity index (χ0v) is 13.0. The first kappa shape index (κ1) is 15.3. The summed E-state index contributed by atoms with van der Waals surface area (Å²) < 4.78 is 1.78. The Bertz CT molecular complexity index is 564. The molecule has 1 N–H and O–H groups in total. The van der Waals surface area contributed by atoms with Gasteiger partial charge in [-0.15, -0.1) is 0 Å². The van der Waals surface area contributed by atoms with E-state index in [1.165, 1.54) is 11.9 Å². The first-order valence-electron chi connectivity index (χ1n) is 6.67. The third-order valence-electron chi connectivity index (χ3n) is 3.00. The van der Waals surface area contributed by atoms with Crippen LogP contribution in [0.3, 0.4) is 0 Å². The minimum absolute atomic E-state index is 0.737. The van der Waals surface area contributed by atoms with E-state index < -0.39 is 0 Å². The number of hydrogen-bond acceptors (Lipinski definition) is 3. The van der Waals surface area contributed by atoms with Gasteiger partial charge >= 0.3 is 0 Å². The Labute approximate surface area is 129 Å². The van der Waals surface area contributed by atoms with Crippen molar-refractivity contribution in [1.29, 1.82) is 0 Å². The molecule has 0 fully saturated rings. The molecular weight excluding hydrogens is 288 g/mol. The van der Waals surface area contributed by atoms with Crippen LogP contribution in [0, 0.1) is 0 Å². The number of aromatic nitrogens is 3. The molecule has 0 spiro atoms. The van der Waals surface area contributed by atoms with E-state index in [1.54, 1.807) is 18.1 Å². The van der Waals surface area contributed by atoms with Crippen LogP contribution >= 0.6 is 11.6 Å². The van der Waals surface area contributed by atoms with Gasteiger partial charge in [-0.3, -0.25) is 9.67 Å². The highest BCUT2D eigenvalue weighted by molar-refractivity contribution is 6.30. The fraction of sp³-hybridized carbons (Fsp3) is 0.357. The standard InChI is InChI=1S/C14H19ClN6/c1-16-14(18-7-8-21-11-17-10-19-21)20(2)9-12-3-5-13(15)6-4-12/h3-6,10-11H,7-9H2,1-2H3,(H,16,18). The number of halogens is 1. The van der Waals surface area contributed by atoms with E-state index in [9.17, 15) is 0 Å². The van der Waals surface area contributed by atoms with Crippen molar-refractivity contribution in [2.45, 2.75) is 13.1 Å². The molecule has 0 amide bonds. The lowest BCUT2D eigenvalue weighted by molar-refractivity contribution is 0.470. The topological polar surface area (TPSA) is 58.3 Å². The van der Waals surface area contributed by atoms with Gasteiger partial charge < -0.3 is 10.2 Å². The zero-order valence-electron chi connectivity index (χ0n) is 12.2. The Balaban J connectivity index is 1.83. The monoisotopic (exact) mass is 306 g/mol. The Morgan fingerprint density at radius 1 is 1.38 bits per heavy atom. The summed E-state index contributed by atoms with van der Waals surface area (Å²) in [6, 6.07) is 7.82. The molecule has 1 aromatic heterocycles. The first-order chi connectivity index (χ1) is 10.2. The Hall–Kier alpha value is -2.08. The lowest BCUT2D eigenvalue weighted by Crippen LogP contribution is -2.39. The van der Waals surface area contributed by atoms with Crippen molar-refractivity contribution >= 4 is 17.6 Å². The number of nitrogens with zero attached hydrogens (tertiary/aromatic N) is 5. The second kappa shape index (κ2) is 7.64. The lowest BCUT2D eigenvalue weighted by Gasteiger charge is -2.22. The van der Waals surface area contributed by atoms with Gasteiger partial charge in [0.15, 0.2) is 5.96 Å². The van der Waals surface area contributed by atoms with E-state index in [2.05, 4.69) is 25.3 Å². The molecule has 2 aromatic rings. The van der Waals surface area contributed by atoms with Gasteiger partial charge in [0.05, 0.1) is 6.54 Å². The average molecular weight is 307 g/mol. The molecule has 112 valence electrons. The smallest absolute Gasteiger partial charge is 0.193 e. The second-order valence-electron chi connectivity index (χ2n) is 4.62. The van der Waals surface area contributed by atoms with Crippen molar-refractivity contribution in [2.75, 3.05) is 20.6 Å². The predicted molar refractivity (Wildman–Crippen MR) is 84.3 cm³/mol. The Kier molecular flexibility index (Phi) is 5.57. The summed E-state index contributed by atoms with van der Waals surface area (Å²) in [5.41, 5.74) is 1.18. The number of benzene rings is 1. The molecule has 1 heterocycles. The van der Waals surface area contributed by atoms with Gasteiger partial charge in [0.2, 0.25) is 0 Å². The maximum absolute atomic E-state index is 5.89. The highest BCUT2D eigenvalue weighted by atomic mass is 35.5. The van der Waals surface area contributed by atoms with Crippen LogP contribution in [0.5, 0.6) is 0 Å². The van der Waals surface area contributed by atoms with E-state index >= 15 is 0 Å². The molecule has 21 heavy (non-hydrogen) atoms. The van der Waals surface area contributed by atoms with Gasteiger partial charge in [0.1, 0.15) is 12.7 Å². The minimum atomic E-state index is 0.737. The summed E-state index contributed by atoms with van der Waals surface area (Å²) in [5.74, 6) is 0.838. The quantitative estimate of drug-likeness (QED) is 0.674. The van der Waals surface area contributed by atoms with Crippen molar-refractivity contribution in [3.63, 3.8) is 0 Å². The van der Waals surface area contributed by atoms with Crippen LogP contribution in [-0.4, -0.2) is 46.3 Å². The molecule has 2 rings (SSSR count). The van der Waals surface area contributed by atoms with Gasteiger partial charge in [-0.25, -0.2) is 4.98 Å². The molecule has 0 saturated heterocycles. The van der Waals surface area contributed by atoms with Crippen LogP contribution in [0.15, 0.2) is 41.9 Å². The molecule has 6 nitrogen and oxygen atoms in total. The highest BCUT2D eigenvalue weighted by Gasteiger charge is 2.06. The third-order valence-corrected chi connectivity index (χ3v) is 3.25. The van der Waals surface area contributed by atoms with Gasteiger partial charge in [0, 0.05) is 32.2 Å². The summed E-state index contributed by atoms with van der Waals surface area (Å²) in [5, 5.41) is 8.11. The number of guanidine groups is 1. The molecule has 1 aromatic carbocycles. The molecule has 0 aliphatic rings. The Morgan fingerprint density at radius 3 is 2.76 bits per heavy atom. The Morgan fingerprint density at radius 2 is 2.14 bits per heavy atom. The zero-order chi connectivity index (χ0) is 15.1. The van der Waals surface area contributed by atoms with Crippen LogP contribution in [0.25, 0.3) is 0 Å². The van der Waals surface area contributed by atoms with Crippen LogP contribution in [0.2, 0.25) is 5.02 Å². The number of aliphatic imine (C=N–C) groups is 1. The van der Waals surface area contributed by atoms with Gasteiger partial charge in [-0.05, 0) is 17.7 Å². The van der Waals surface area contributed by atoms with Crippen molar-refractivity contribution in [3.8, 4) is 0 Å². The predicted octanol–water partition coefficient (Wildman–Crippen LogP) is 1.64. The van der Waals surface area contributed by atoms with Crippen molar-refractivity contribution in [2.24, 2.45) is 4.99 Å². The first-order valence-corrected chi connectivity index (χ1v) is 7.05. The number of nitrogens with one attached hydrogen (secondary N) is 1. The van der Waals surface area contributed by atoms with E-state index in [0.29, 0.717) is 0 Å². The van der Waals surface area contributed by atoms with Crippen molar-refractivity contribution < 1.29 is 0 Å². The summed E-state index contributed by atoms with van der Waals surface area (Å²) in [6.07, 6.45) is 3.23. The fourth-order valence-corrected chi connectivity index (χ4v) is 2.08. The largest absolute Gasteiger partial charge is 0.354 e. The van der Waals surface area contributed by atoms with Crippen LogP contribution in [0.1, 0.15) is 5.56 Å². The molecule has 0 aliphatic carbocycles. The second-order valence-corrected chi connectivity index (χ2v) is 5.05. The summed E-state index contributed by atoms with van der Waals surface area (Å²) in [4.78, 5) is 10.3. The average Bonchev–Trinajstić information content (AvgIpc) is 2.99. The maximum atomic E-state index is 5.89. The molecule has 0 unspecified atom stereocenters. The minimum Gasteiger partial charge on any atom is -0.354 e. The van der Waals surface area contributed by atoms with Gasteiger partial charge in [-0.2, -0.15) is 5.10 Å². The molecule has 0 atom stereocenters. The molecule has 0 radical (unpaired) electrons. The van der Waals surface area contributed by atoms with Gasteiger partial charge in [-0.1, -0.05) is 23.7 Å².